The van der Waals surface area contributed by atoms with Crippen molar-refractivity contribution in [1.29, 1.82) is 0 Å². The maximum absolute atomic E-state index is 11.2. The van der Waals surface area contributed by atoms with Crippen molar-refractivity contribution in [2.45, 2.75) is 13.0 Å². The lowest BCUT2D eigenvalue weighted by atomic mass is 10.1. The van der Waals surface area contributed by atoms with Crippen LogP contribution in [-0.4, -0.2) is 11.8 Å². The summed E-state index contributed by atoms with van der Waals surface area (Å²) in [6, 6.07) is 1.22. The van der Waals surface area contributed by atoms with Gasteiger partial charge in [-0.25, -0.2) is 0 Å². The molecule has 60 valence electrons. The molecule has 2 N–H and O–H groups in total. The highest BCUT2D eigenvalue weighted by atomic mass is 35.5. The first kappa shape index (κ1) is 8.71. The second-order valence-electron chi connectivity index (χ2n) is 2.26. The number of thiophene rings is 1. The van der Waals surface area contributed by atoms with Crippen LogP contribution in [-0.2, 0) is 0 Å². The highest BCUT2D eigenvalue weighted by Gasteiger charge is 2.14. The number of Topliss-reactive ketones (excluding diaryl/α,β-unsaturated/α-hetero) is 1. The van der Waals surface area contributed by atoms with Crippen molar-refractivity contribution in [2.75, 3.05) is 0 Å². The second kappa shape index (κ2) is 3.34. The molecular weight excluding hydrogens is 182 g/mol. The Morgan fingerprint density at radius 3 is 2.82 bits per heavy atom. The number of halogens is 1. The fourth-order valence-corrected chi connectivity index (χ4v) is 1.64. The molecule has 1 rings (SSSR count). The van der Waals surface area contributed by atoms with Crippen molar-refractivity contribution >= 4 is 28.7 Å². The quantitative estimate of drug-likeness (QED) is 0.723. The van der Waals surface area contributed by atoms with Gasteiger partial charge < -0.3 is 5.73 Å². The van der Waals surface area contributed by atoms with E-state index in [9.17, 15) is 4.79 Å². The van der Waals surface area contributed by atoms with E-state index in [1.54, 1.807) is 18.4 Å². The van der Waals surface area contributed by atoms with E-state index < -0.39 is 6.04 Å². The van der Waals surface area contributed by atoms with Gasteiger partial charge in [-0.05, 0) is 18.4 Å². The second-order valence-corrected chi connectivity index (χ2v) is 3.78. The molecule has 0 spiro atoms. The van der Waals surface area contributed by atoms with Gasteiger partial charge in [-0.3, -0.25) is 4.79 Å². The van der Waals surface area contributed by atoms with E-state index in [4.69, 9.17) is 17.3 Å². The van der Waals surface area contributed by atoms with Crippen molar-refractivity contribution in [3.05, 3.63) is 21.3 Å². The number of rotatable bonds is 2. The van der Waals surface area contributed by atoms with Crippen molar-refractivity contribution in [2.24, 2.45) is 5.73 Å². The van der Waals surface area contributed by atoms with E-state index in [1.807, 2.05) is 0 Å². The smallest absolute Gasteiger partial charge is 0.181 e. The van der Waals surface area contributed by atoms with Crippen LogP contribution in [0.2, 0.25) is 4.34 Å². The van der Waals surface area contributed by atoms with Gasteiger partial charge in [0.1, 0.15) is 4.34 Å². The molecule has 0 aliphatic rings. The molecule has 1 unspecified atom stereocenters. The molecule has 0 bridgehead atoms. The number of ketones is 1. The summed E-state index contributed by atoms with van der Waals surface area (Å²) in [5.41, 5.74) is 5.93. The van der Waals surface area contributed by atoms with Crippen LogP contribution >= 0.6 is 22.9 Å². The molecule has 0 amide bonds. The predicted molar refractivity (Wildman–Crippen MR) is 47.3 cm³/mol. The Hall–Kier alpha value is -0.380. The van der Waals surface area contributed by atoms with Crippen LogP contribution in [0.25, 0.3) is 0 Å². The van der Waals surface area contributed by atoms with Crippen LogP contribution in [0.3, 0.4) is 0 Å². The maximum atomic E-state index is 11.2. The monoisotopic (exact) mass is 189 g/mol. The first-order valence-corrected chi connectivity index (χ1v) is 4.41. The van der Waals surface area contributed by atoms with Crippen LogP contribution in [0, 0.1) is 0 Å². The van der Waals surface area contributed by atoms with Gasteiger partial charge in [0.25, 0.3) is 0 Å². The lowest BCUT2D eigenvalue weighted by Gasteiger charge is -2.00. The molecule has 1 atom stereocenters. The minimum absolute atomic E-state index is 0.101. The molecule has 4 heteroatoms. The molecule has 1 aromatic heterocycles. The average Bonchev–Trinajstić information content (AvgIpc) is 2.33. The third-order valence-corrected chi connectivity index (χ3v) is 2.47. The van der Waals surface area contributed by atoms with Crippen LogP contribution in [0.1, 0.15) is 17.3 Å². The Morgan fingerprint density at radius 1 is 1.82 bits per heavy atom. The molecule has 11 heavy (non-hydrogen) atoms. The van der Waals surface area contributed by atoms with E-state index >= 15 is 0 Å². The molecule has 0 aromatic carbocycles. The Bertz CT molecular complexity index is 269. The number of carbonyl (C=O) groups excluding carboxylic acids is 1. The normalized spacial score (nSPS) is 13.0. The van der Waals surface area contributed by atoms with Gasteiger partial charge in [0, 0.05) is 5.56 Å². The van der Waals surface area contributed by atoms with Crippen molar-refractivity contribution in [3.63, 3.8) is 0 Å². The summed E-state index contributed by atoms with van der Waals surface area (Å²) in [6.07, 6.45) is 0. The fourth-order valence-electron chi connectivity index (χ4n) is 0.715. The van der Waals surface area contributed by atoms with Crippen LogP contribution in [0.5, 0.6) is 0 Å². The molecule has 0 aliphatic carbocycles. The Balaban J connectivity index is 2.93. The molecular formula is C7H8ClNOS. The van der Waals surface area contributed by atoms with Crippen LogP contribution in [0.4, 0.5) is 0 Å². The molecule has 0 fully saturated rings. The van der Waals surface area contributed by atoms with E-state index in [1.165, 1.54) is 11.3 Å². The SMILES string of the molecule is CC(N)C(=O)c1ccsc1Cl. The van der Waals surface area contributed by atoms with E-state index in [2.05, 4.69) is 0 Å². The number of carbonyl (C=O) groups is 1. The highest BCUT2D eigenvalue weighted by molar-refractivity contribution is 7.14. The first-order chi connectivity index (χ1) is 5.13. The van der Waals surface area contributed by atoms with E-state index in [0.29, 0.717) is 9.90 Å². The zero-order chi connectivity index (χ0) is 8.43. The first-order valence-electron chi connectivity index (χ1n) is 3.15. The Morgan fingerprint density at radius 2 is 2.45 bits per heavy atom. The van der Waals surface area contributed by atoms with Crippen LogP contribution < -0.4 is 5.73 Å². The number of nitrogens with two attached hydrogens (primary N) is 1. The molecule has 1 heterocycles. The van der Waals surface area contributed by atoms with Gasteiger partial charge in [-0.1, -0.05) is 11.6 Å². The summed E-state index contributed by atoms with van der Waals surface area (Å²) in [7, 11) is 0. The minimum atomic E-state index is -0.470. The summed E-state index contributed by atoms with van der Waals surface area (Å²) in [5, 5.41) is 1.78. The summed E-state index contributed by atoms with van der Waals surface area (Å²) in [6.45, 7) is 1.65. The number of hydrogen-bond donors (Lipinski definition) is 1. The lowest BCUT2D eigenvalue weighted by molar-refractivity contribution is 0.0968. The predicted octanol–water partition coefficient (Wildman–Crippen LogP) is 1.93. The van der Waals surface area contributed by atoms with Gasteiger partial charge in [0.2, 0.25) is 0 Å². The standard InChI is InChI=1S/C7H8ClNOS/c1-4(9)6(10)5-2-3-11-7(5)8/h2-4H,9H2,1H3. The maximum Gasteiger partial charge on any atom is 0.181 e. The third-order valence-electron chi connectivity index (χ3n) is 1.30. The Labute approximate surface area is 74.0 Å². The van der Waals surface area contributed by atoms with Gasteiger partial charge in [0.05, 0.1) is 6.04 Å². The minimum Gasteiger partial charge on any atom is -0.321 e. The van der Waals surface area contributed by atoms with Crippen molar-refractivity contribution < 1.29 is 4.79 Å². The summed E-state index contributed by atoms with van der Waals surface area (Å²) in [4.78, 5) is 11.2. The third kappa shape index (κ3) is 1.80. The topological polar surface area (TPSA) is 43.1 Å². The summed E-state index contributed by atoms with van der Waals surface area (Å²) in [5.74, 6) is -0.101. The van der Waals surface area contributed by atoms with Gasteiger partial charge in [-0.15, -0.1) is 11.3 Å². The molecule has 1 aromatic rings. The largest absolute Gasteiger partial charge is 0.321 e. The molecule has 0 radical (unpaired) electrons. The van der Waals surface area contributed by atoms with Gasteiger partial charge in [0.15, 0.2) is 5.78 Å². The Kier molecular flexibility index (Phi) is 2.65. The zero-order valence-corrected chi connectivity index (χ0v) is 7.58. The van der Waals surface area contributed by atoms with Crippen molar-refractivity contribution in [3.8, 4) is 0 Å². The van der Waals surface area contributed by atoms with Gasteiger partial charge >= 0.3 is 0 Å². The zero-order valence-electron chi connectivity index (χ0n) is 6.00. The molecule has 0 saturated carbocycles. The van der Waals surface area contributed by atoms with E-state index in [0.717, 1.165) is 0 Å². The lowest BCUT2D eigenvalue weighted by Crippen LogP contribution is -2.26. The molecule has 0 saturated heterocycles. The molecule has 2 nitrogen and oxygen atoms in total. The van der Waals surface area contributed by atoms with Crippen molar-refractivity contribution in [1.82, 2.24) is 0 Å². The summed E-state index contributed by atoms with van der Waals surface area (Å²) < 4.78 is 0.521. The average molecular weight is 190 g/mol. The fraction of sp³-hybridized carbons (Fsp3) is 0.286. The number of hydrogen-bond acceptors (Lipinski definition) is 3. The highest BCUT2D eigenvalue weighted by Crippen LogP contribution is 2.23. The van der Waals surface area contributed by atoms with Crippen LogP contribution in [0.15, 0.2) is 11.4 Å². The van der Waals surface area contributed by atoms with E-state index in [-0.39, 0.29) is 5.78 Å². The summed E-state index contributed by atoms with van der Waals surface area (Å²) >= 11 is 7.06. The van der Waals surface area contributed by atoms with Gasteiger partial charge in [-0.2, -0.15) is 0 Å². The molecule has 0 aliphatic heterocycles.